The van der Waals surface area contributed by atoms with Gasteiger partial charge in [0.2, 0.25) is 0 Å². The first-order valence-electron chi connectivity index (χ1n) is 2.51. The van der Waals surface area contributed by atoms with E-state index in [0.29, 0.717) is 0 Å². The largest absolute Gasteiger partial charge is 0.394 e. The van der Waals surface area contributed by atoms with Crippen LogP contribution < -0.4 is 0 Å². The van der Waals surface area contributed by atoms with Crippen LogP contribution in [0.3, 0.4) is 0 Å². The summed E-state index contributed by atoms with van der Waals surface area (Å²) in [6.45, 7) is 0. The summed E-state index contributed by atoms with van der Waals surface area (Å²) in [6.07, 6.45) is 5.39. The van der Waals surface area contributed by atoms with Crippen LogP contribution in [0.25, 0.3) is 0 Å². The van der Waals surface area contributed by atoms with Gasteiger partial charge in [-0.1, -0.05) is 0 Å². The molecule has 0 amide bonds. The molecule has 11 heavy (non-hydrogen) atoms. The first kappa shape index (κ1) is 10.1. The van der Waals surface area contributed by atoms with Gasteiger partial charge in [-0.05, 0) is 0 Å². The summed E-state index contributed by atoms with van der Waals surface area (Å²) in [4.78, 5) is 3.78. The fourth-order valence-corrected chi connectivity index (χ4v) is 0.326. The second-order valence-electron chi connectivity index (χ2n) is 1.68. The van der Waals surface area contributed by atoms with Gasteiger partial charge in [-0.15, -0.1) is 0 Å². The molecule has 0 saturated carbocycles. The highest BCUT2D eigenvalue weighted by Crippen LogP contribution is 1.73. The first-order chi connectivity index (χ1) is 4.89. The van der Waals surface area contributed by atoms with Crippen LogP contribution in [-0.4, -0.2) is 27.1 Å². The SMILES string of the molecule is Cn1ccnc1.O=S(=O)(O)O. The van der Waals surface area contributed by atoms with E-state index in [1.165, 1.54) is 0 Å². The predicted molar refractivity (Wildman–Crippen MR) is 37.4 cm³/mol. The number of nitrogens with zero attached hydrogens (tertiary/aromatic N) is 2. The highest BCUT2D eigenvalue weighted by atomic mass is 32.3. The van der Waals surface area contributed by atoms with Gasteiger partial charge in [-0.3, -0.25) is 9.11 Å². The minimum atomic E-state index is -4.67. The fraction of sp³-hybridized carbons (Fsp3) is 0.250. The predicted octanol–water partition coefficient (Wildman–Crippen LogP) is -0.233. The molecule has 0 aromatic carbocycles. The lowest BCUT2D eigenvalue weighted by Crippen LogP contribution is -1.89. The summed E-state index contributed by atoms with van der Waals surface area (Å²) in [5.74, 6) is 0. The third-order valence-corrected chi connectivity index (χ3v) is 0.637. The van der Waals surface area contributed by atoms with Gasteiger partial charge in [0.25, 0.3) is 0 Å². The minimum absolute atomic E-state index is 1.75. The lowest BCUT2D eigenvalue weighted by Gasteiger charge is -1.76. The highest BCUT2D eigenvalue weighted by Gasteiger charge is 1.84. The molecule has 64 valence electrons. The first-order valence-corrected chi connectivity index (χ1v) is 3.91. The molecule has 6 nitrogen and oxygen atoms in total. The zero-order chi connectivity index (χ0) is 8.91. The number of aryl methyl sites for hydroxylation is 1. The Morgan fingerprint density at radius 1 is 1.45 bits per heavy atom. The molecule has 0 saturated heterocycles. The molecule has 1 heterocycles. The average molecular weight is 180 g/mol. The van der Waals surface area contributed by atoms with Crippen LogP contribution in [0.15, 0.2) is 18.7 Å². The van der Waals surface area contributed by atoms with Crippen molar-refractivity contribution in [3.63, 3.8) is 0 Å². The van der Waals surface area contributed by atoms with Crippen molar-refractivity contribution >= 4 is 10.4 Å². The fourth-order valence-electron chi connectivity index (χ4n) is 0.326. The maximum atomic E-state index is 8.74. The molecule has 1 aromatic heterocycles. The Hall–Kier alpha value is -0.920. The van der Waals surface area contributed by atoms with Crippen LogP contribution in [0.5, 0.6) is 0 Å². The molecule has 0 fully saturated rings. The molecular weight excluding hydrogens is 172 g/mol. The van der Waals surface area contributed by atoms with Gasteiger partial charge < -0.3 is 4.57 Å². The van der Waals surface area contributed by atoms with Crippen LogP contribution in [0, 0.1) is 0 Å². The van der Waals surface area contributed by atoms with Crippen molar-refractivity contribution in [1.82, 2.24) is 9.55 Å². The second kappa shape index (κ2) is 4.06. The highest BCUT2D eigenvalue weighted by molar-refractivity contribution is 7.79. The lowest BCUT2D eigenvalue weighted by molar-refractivity contribution is 0.381. The average Bonchev–Trinajstić information content (AvgIpc) is 2.12. The molecule has 1 rings (SSSR count). The van der Waals surface area contributed by atoms with Crippen LogP contribution >= 0.6 is 0 Å². The topological polar surface area (TPSA) is 92.4 Å². The Morgan fingerprint density at radius 2 is 1.91 bits per heavy atom. The lowest BCUT2D eigenvalue weighted by atomic mass is 10.9. The van der Waals surface area contributed by atoms with Crippen LogP contribution in [0.4, 0.5) is 0 Å². The normalized spacial score (nSPS) is 10.1. The van der Waals surface area contributed by atoms with Gasteiger partial charge in [-0.25, -0.2) is 4.98 Å². The van der Waals surface area contributed by atoms with Crippen LogP contribution in [0.1, 0.15) is 0 Å². The van der Waals surface area contributed by atoms with E-state index in [-0.39, 0.29) is 0 Å². The number of imidazole rings is 1. The zero-order valence-electron chi connectivity index (χ0n) is 5.75. The standard InChI is InChI=1S/C4H6N2.H2O4S/c1-6-3-2-5-4-6;1-5(2,3)4/h2-4H,1H3;(H2,1,2,3,4). The van der Waals surface area contributed by atoms with Crippen LogP contribution in [-0.2, 0) is 17.4 Å². The molecule has 7 heteroatoms. The monoisotopic (exact) mass is 180 g/mol. The van der Waals surface area contributed by atoms with Crippen molar-refractivity contribution in [2.24, 2.45) is 7.05 Å². The number of hydrogen-bond donors (Lipinski definition) is 2. The number of hydrogen-bond acceptors (Lipinski definition) is 3. The molecule has 0 spiro atoms. The van der Waals surface area contributed by atoms with E-state index in [1.54, 1.807) is 12.5 Å². The zero-order valence-corrected chi connectivity index (χ0v) is 6.56. The summed E-state index contributed by atoms with van der Waals surface area (Å²) in [5, 5.41) is 0. The van der Waals surface area contributed by atoms with E-state index in [1.807, 2.05) is 17.8 Å². The van der Waals surface area contributed by atoms with E-state index >= 15 is 0 Å². The molecule has 0 atom stereocenters. The van der Waals surface area contributed by atoms with E-state index in [0.717, 1.165) is 0 Å². The Morgan fingerprint density at radius 3 is 2.00 bits per heavy atom. The minimum Gasteiger partial charge on any atom is -0.341 e. The molecule has 2 N–H and O–H groups in total. The van der Waals surface area contributed by atoms with Crippen molar-refractivity contribution in [2.45, 2.75) is 0 Å². The molecule has 0 aliphatic heterocycles. The number of aromatic nitrogens is 2. The Bertz CT molecular complexity index is 269. The van der Waals surface area contributed by atoms with Gasteiger partial charge in [0.05, 0.1) is 6.33 Å². The molecule has 0 aliphatic rings. The molecule has 0 aliphatic carbocycles. The van der Waals surface area contributed by atoms with Crippen molar-refractivity contribution in [1.29, 1.82) is 0 Å². The second-order valence-corrected chi connectivity index (χ2v) is 2.57. The van der Waals surface area contributed by atoms with Gasteiger partial charge in [-0.2, -0.15) is 8.42 Å². The van der Waals surface area contributed by atoms with Gasteiger partial charge >= 0.3 is 10.4 Å². The summed E-state index contributed by atoms with van der Waals surface area (Å²) in [7, 11) is -2.73. The third kappa shape index (κ3) is 12.3. The van der Waals surface area contributed by atoms with Crippen molar-refractivity contribution in [3.05, 3.63) is 18.7 Å². The summed E-state index contributed by atoms with van der Waals surface area (Å²) in [6, 6.07) is 0. The molecular formula is C4H8N2O4S. The van der Waals surface area contributed by atoms with E-state index < -0.39 is 10.4 Å². The molecule has 0 bridgehead atoms. The summed E-state index contributed by atoms with van der Waals surface area (Å²) < 4.78 is 33.5. The molecule has 0 radical (unpaired) electrons. The van der Waals surface area contributed by atoms with E-state index in [4.69, 9.17) is 17.5 Å². The van der Waals surface area contributed by atoms with E-state index in [9.17, 15) is 0 Å². The Kier molecular flexibility index (Phi) is 3.72. The van der Waals surface area contributed by atoms with E-state index in [2.05, 4.69) is 4.98 Å². The quantitative estimate of drug-likeness (QED) is 0.538. The molecule has 0 unspecified atom stereocenters. The van der Waals surface area contributed by atoms with Crippen molar-refractivity contribution in [2.75, 3.05) is 0 Å². The van der Waals surface area contributed by atoms with Gasteiger partial charge in [0, 0.05) is 19.4 Å². The number of rotatable bonds is 0. The van der Waals surface area contributed by atoms with Gasteiger partial charge in [0.1, 0.15) is 0 Å². The summed E-state index contributed by atoms with van der Waals surface area (Å²) >= 11 is 0. The van der Waals surface area contributed by atoms with Crippen LogP contribution in [0.2, 0.25) is 0 Å². The van der Waals surface area contributed by atoms with Crippen molar-refractivity contribution < 1.29 is 17.5 Å². The van der Waals surface area contributed by atoms with Crippen molar-refractivity contribution in [3.8, 4) is 0 Å². The Labute approximate surface area is 64.1 Å². The van der Waals surface area contributed by atoms with Gasteiger partial charge in [0.15, 0.2) is 0 Å². The molecule has 1 aromatic rings. The third-order valence-electron chi connectivity index (χ3n) is 0.637. The maximum Gasteiger partial charge on any atom is 0.394 e. The smallest absolute Gasteiger partial charge is 0.341 e. The summed E-state index contributed by atoms with van der Waals surface area (Å²) in [5.41, 5.74) is 0. The Balaban J connectivity index is 0.000000187. The maximum absolute atomic E-state index is 8.74.